The summed E-state index contributed by atoms with van der Waals surface area (Å²) in [6, 6.07) is 5.01. The van der Waals surface area contributed by atoms with E-state index in [1.807, 2.05) is 0 Å². The minimum absolute atomic E-state index is 0.0844. The van der Waals surface area contributed by atoms with Gasteiger partial charge in [0.25, 0.3) is 10.0 Å². The zero-order chi connectivity index (χ0) is 28.6. The molecule has 4 aromatic rings. The van der Waals surface area contributed by atoms with E-state index >= 15 is 0 Å². The van der Waals surface area contributed by atoms with Crippen LogP contribution in [0.25, 0.3) is 22.6 Å². The molecule has 0 spiro atoms. The summed E-state index contributed by atoms with van der Waals surface area (Å²) >= 11 is 0. The highest BCUT2D eigenvalue weighted by Crippen LogP contribution is 2.34. The Morgan fingerprint density at radius 1 is 1.10 bits per heavy atom. The Kier molecular flexibility index (Phi) is 7.38. The number of nitrogens with zero attached hydrogens (tertiary/aromatic N) is 7. The van der Waals surface area contributed by atoms with Crippen LogP contribution in [0.2, 0.25) is 0 Å². The average molecular weight is 586 g/mol. The van der Waals surface area contributed by atoms with Crippen LogP contribution in [0, 0.1) is 5.92 Å². The van der Waals surface area contributed by atoms with E-state index in [0.29, 0.717) is 51.7 Å². The third-order valence-corrected chi connectivity index (χ3v) is 9.36. The van der Waals surface area contributed by atoms with Crippen molar-refractivity contribution in [1.82, 2.24) is 33.9 Å². The van der Waals surface area contributed by atoms with Crippen LogP contribution < -0.4 is 10.6 Å². The van der Waals surface area contributed by atoms with Crippen molar-refractivity contribution in [3.8, 4) is 22.6 Å². The van der Waals surface area contributed by atoms with Gasteiger partial charge >= 0.3 is 6.55 Å². The van der Waals surface area contributed by atoms with Gasteiger partial charge < -0.3 is 15.7 Å². The van der Waals surface area contributed by atoms with Gasteiger partial charge in [-0.1, -0.05) is 6.42 Å². The number of aliphatic hydroxyl groups excluding tert-OH is 1. The maximum absolute atomic E-state index is 13.2. The van der Waals surface area contributed by atoms with Crippen molar-refractivity contribution < 1.29 is 22.3 Å². The zero-order valence-electron chi connectivity index (χ0n) is 21.9. The maximum Gasteiger partial charge on any atom is 0.333 e. The maximum atomic E-state index is 13.2. The molecule has 4 aromatic heterocycles. The van der Waals surface area contributed by atoms with Crippen LogP contribution in [0.4, 0.5) is 26.1 Å². The number of nitrogens with one attached hydrogen (secondary N) is 2. The average Bonchev–Trinajstić information content (AvgIpc) is 3.50. The lowest BCUT2D eigenvalue weighted by Crippen LogP contribution is -2.29. The van der Waals surface area contributed by atoms with Crippen molar-refractivity contribution >= 4 is 27.3 Å². The first-order valence-corrected chi connectivity index (χ1v) is 14.9. The van der Waals surface area contributed by atoms with Gasteiger partial charge in [-0.15, -0.1) is 0 Å². The number of aliphatic hydroxyl groups is 1. The van der Waals surface area contributed by atoms with Crippen molar-refractivity contribution in [2.45, 2.75) is 56.4 Å². The number of anilines is 3. The molecule has 0 saturated heterocycles. The van der Waals surface area contributed by atoms with Gasteiger partial charge in [-0.3, -0.25) is 0 Å². The van der Waals surface area contributed by atoms with Crippen LogP contribution in [0.15, 0.2) is 49.2 Å². The standard InChI is InChI=1S/C26H29F2N9O3S/c27-26(28)36-9-7-21(35-36)20-13-30-24(11-22(20)32-18-3-1-2-16(10-18)15-38)33-23-6-8-29-25(34-23)17-12-31-37(14-17)41(39,40)19-4-5-19/h6-9,11-14,16,18-19,26,38H,1-5,10,15H2,(H2,29,30,32,33,34)/t16-,18-/m0/s1. The van der Waals surface area contributed by atoms with Crippen LogP contribution in [-0.4, -0.2) is 65.3 Å². The Labute approximate surface area is 234 Å². The fourth-order valence-corrected chi connectivity index (χ4v) is 6.50. The van der Waals surface area contributed by atoms with Gasteiger partial charge in [0.2, 0.25) is 0 Å². The van der Waals surface area contributed by atoms with E-state index in [2.05, 4.69) is 35.8 Å². The quantitative estimate of drug-likeness (QED) is 0.249. The van der Waals surface area contributed by atoms with Crippen molar-refractivity contribution in [3.05, 3.63) is 49.2 Å². The Morgan fingerprint density at radius 3 is 2.71 bits per heavy atom. The predicted molar refractivity (Wildman–Crippen MR) is 147 cm³/mol. The molecule has 2 atom stereocenters. The van der Waals surface area contributed by atoms with Gasteiger partial charge in [0.1, 0.15) is 11.6 Å². The molecule has 41 heavy (non-hydrogen) atoms. The Morgan fingerprint density at radius 2 is 1.95 bits per heavy atom. The molecule has 2 aliphatic carbocycles. The first-order valence-electron chi connectivity index (χ1n) is 13.4. The number of aromatic nitrogens is 7. The molecule has 3 N–H and O–H groups in total. The molecule has 2 aliphatic rings. The number of alkyl halides is 2. The first-order chi connectivity index (χ1) is 19.8. The fourth-order valence-electron chi connectivity index (χ4n) is 5.02. The minimum atomic E-state index is -3.51. The zero-order valence-corrected chi connectivity index (χ0v) is 22.8. The van der Waals surface area contributed by atoms with Crippen molar-refractivity contribution in [1.29, 1.82) is 0 Å². The van der Waals surface area contributed by atoms with E-state index in [1.54, 1.807) is 24.5 Å². The highest BCUT2D eigenvalue weighted by atomic mass is 32.2. The summed E-state index contributed by atoms with van der Waals surface area (Å²) in [5.41, 5.74) is 2.03. The van der Waals surface area contributed by atoms with Crippen LogP contribution >= 0.6 is 0 Å². The summed E-state index contributed by atoms with van der Waals surface area (Å²) in [5.74, 6) is 1.34. The normalized spacial score (nSPS) is 19.4. The highest BCUT2D eigenvalue weighted by molar-refractivity contribution is 7.90. The number of rotatable bonds is 10. The smallest absolute Gasteiger partial charge is 0.333 e. The van der Waals surface area contributed by atoms with Crippen LogP contribution in [0.1, 0.15) is 45.1 Å². The summed E-state index contributed by atoms with van der Waals surface area (Å²) in [6.07, 6.45) is 12.0. The molecule has 2 saturated carbocycles. The number of halogens is 2. The topological polar surface area (TPSA) is 153 Å². The predicted octanol–water partition coefficient (Wildman–Crippen LogP) is 4.04. The molecule has 0 unspecified atom stereocenters. The first kappa shape index (κ1) is 27.2. The third kappa shape index (κ3) is 5.91. The molecule has 0 bridgehead atoms. The Balaban J connectivity index is 1.26. The second-order valence-electron chi connectivity index (χ2n) is 10.4. The van der Waals surface area contributed by atoms with E-state index in [-0.39, 0.29) is 24.4 Å². The lowest BCUT2D eigenvalue weighted by atomic mass is 9.86. The van der Waals surface area contributed by atoms with Crippen LogP contribution in [-0.2, 0) is 10.0 Å². The van der Waals surface area contributed by atoms with Gasteiger partial charge in [0.15, 0.2) is 5.82 Å². The van der Waals surface area contributed by atoms with Gasteiger partial charge in [-0.25, -0.2) is 28.1 Å². The lowest BCUT2D eigenvalue weighted by molar-refractivity contribution is 0.0568. The molecule has 0 radical (unpaired) electrons. The molecule has 6 rings (SSSR count). The summed E-state index contributed by atoms with van der Waals surface area (Å²) < 4.78 is 53.0. The van der Waals surface area contributed by atoms with Crippen LogP contribution in [0.3, 0.4) is 0 Å². The van der Waals surface area contributed by atoms with E-state index in [9.17, 15) is 22.3 Å². The molecular weight excluding hydrogens is 556 g/mol. The van der Waals surface area contributed by atoms with Gasteiger partial charge in [0.05, 0.1) is 28.9 Å². The lowest BCUT2D eigenvalue weighted by Gasteiger charge is -2.30. The van der Waals surface area contributed by atoms with Crippen molar-refractivity contribution in [2.24, 2.45) is 5.92 Å². The molecule has 12 nitrogen and oxygen atoms in total. The van der Waals surface area contributed by atoms with Gasteiger partial charge in [0, 0.05) is 48.6 Å². The third-order valence-electron chi connectivity index (χ3n) is 7.33. The second kappa shape index (κ2) is 11.1. The van der Waals surface area contributed by atoms with Crippen LogP contribution in [0.5, 0.6) is 0 Å². The molecule has 15 heteroatoms. The van der Waals surface area contributed by atoms with Crippen molar-refractivity contribution in [3.63, 3.8) is 0 Å². The van der Waals surface area contributed by atoms with Crippen molar-refractivity contribution in [2.75, 3.05) is 17.2 Å². The molecule has 2 fully saturated rings. The van der Waals surface area contributed by atoms with E-state index in [0.717, 1.165) is 29.8 Å². The van der Waals surface area contributed by atoms with E-state index < -0.39 is 21.8 Å². The summed E-state index contributed by atoms with van der Waals surface area (Å²) in [7, 11) is -3.51. The molecule has 216 valence electrons. The minimum Gasteiger partial charge on any atom is -0.396 e. The number of hydrogen-bond donors (Lipinski definition) is 3. The van der Waals surface area contributed by atoms with Gasteiger partial charge in [-0.05, 0) is 50.2 Å². The SMILES string of the molecule is O=S(=O)(C1CC1)n1cc(-c2nccc(Nc3cc(N[C@H]4CCC[C@H](CO)C4)c(-c4ccn(C(F)F)n4)cn3)n2)cn1. The van der Waals surface area contributed by atoms with Gasteiger partial charge in [-0.2, -0.15) is 23.1 Å². The molecule has 0 aromatic carbocycles. The monoisotopic (exact) mass is 585 g/mol. The molecule has 4 heterocycles. The Bertz CT molecular complexity index is 1640. The highest BCUT2D eigenvalue weighted by Gasteiger charge is 2.37. The largest absolute Gasteiger partial charge is 0.396 e. The molecule has 0 aliphatic heterocycles. The second-order valence-corrected chi connectivity index (χ2v) is 12.4. The van der Waals surface area contributed by atoms with E-state index in [4.69, 9.17) is 0 Å². The summed E-state index contributed by atoms with van der Waals surface area (Å²) in [5, 5.41) is 24.0. The molecular formula is C26H29F2N9O3S. The number of pyridine rings is 1. The van der Waals surface area contributed by atoms with E-state index in [1.165, 1.54) is 24.7 Å². The summed E-state index contributed by atoms with van der Waals surface area (Å²) in [6.45, 7) is -2.64. The molecule has 0 amide bonds. The number of hydrogen-bond acceptors (Lipinski definition) is 10. The summed E-state index contributed by atoms with van der Waals surface area (Å²) in [4.78, 5) is 13.2. The Hall–Kier alpha value is -3.98. The fraction of sp³-hybridized carbons (Fsp3) is 0.423.